The Kier molecular flexibility index (Phi) is 11.5. The quantitative estimate of drug-likeness (QED) is 0.257. The monoisotopic (exact) mass is 811 g/mol. The van der Waals surface area contributed by atoms with E-state index in [4.69, 9.17) is 9.47 Å². The molecule has 2 saturated carbocycles. The molecule has 3 N–H and O–H groups in total. The molecule has 2 aliphatic carbocycles. The minimum atomic E-state index is -4.87. The maximum absolute atomic E-state index is 14.6. The zero-order valence-corrected chi connectivity index (χ0v) is 32.0. The number of sulfonamides is 1. The topological polar surface area (TPSA) is 182 Å². The SMILES string of the molecule is COc1cc(F)cc2c(O[C@@H]3C[C@H]4C(=O)N[C@]5(C(=O)NS(=O)(=O)C6CC6)C[C@H]5/C=C\CC[C@@H](C)C[C@@H](C)[C@H](NC(=O)O[C@H](C)C(F)(F)F)C(=O)N4C3)nccc12. The third kappa shape index (κ3) is 8.81. The maximum atomic E-state index is 14.6. The van der Waals surface area contributed by atoms with Crippen molar-refractivity contribution in [2.75, 3.05) is 13.7 Å². The molecule has 4 aliphatic rings. The number of amides is 4. The number of fused-ring (bicyclic) bond motifs is 3. The van der Waals surface area contributed by atoms with Crippen LogP contribution < -0.4 is 24.8 Å². The number of hydrogen-bond acceptors (Lipinski definition) is 10. The Bertz CT molecular complexity index is 2010. The van der Waals surface area contributed by atoms with Crippen LogP contribution in [0, 0.1) is 23.6 Å². The van der Waals surface area contributed by atoms with E-state index in [0.29, 0.717) is 44.4 Å². The fourth-order valence-corrected chi connectivity index (χ4v) is 8.86. The second kappa shape index (κ2) is 15.7. The molecule has 2 aliphatic heterocycles. The zero-order valence-electron chi connectivity index (χ0n) is 31.2. The molecule has 56 heavy (non-hydrogen) atoms. The van der Waals surface area contributed by atoms with Gasteiger partial charge in [-0.1, -0.05) is 26.0 Å². The molecule has 2 aromatic rings. The molecule has 0 bridgehead atoms. The van der Waals surface area contributed by atoms with Gasteiger partial charge in [-0.25, -0.2) is 22.6 Å². The van der Waals surface area contributed by atoms with Gasteiger partial charge in [-0.3, -0.25) is 19.1 Å². The molecule has 0 spiro atoms. The van der Waals surface area contributed by atoms with E-state index in [1.807, 2.05) is 13.0 Å². The predicted octanol–water partition coefficient (Wildman–Crippen LogP) is 4.27. The summed E-state index contributed by atoms with van der Waals surface area (Å²) in [5.74, 6) is -4.37. The summed E-state index contributed by atoms with van der Waals surface area (Å²) in [6.07, 6.45) is -2.72. The Hall–Kier alpha value is -4.68. The molecule has 8 atom stereocenters. The van der Waals surface area contributed by atoms with E-state index < -0.39 is 92.7 Å². The second-order valence-corrected chi connectivity index (χ2v) is 17.2. The van der Waals surface area contributed by atoms with Crippen LogP contribution in [0.1, 0.15) is 65.7 Å². The van der Waals surface area contributed by atoms with E-state index in [-0.39, 0.29) is 42.3 Å². The summed E-state index contributed by atoms with van der Waals surface area (Å²) >= 11 is 0. The van der Waals surface area contributed by atoms with Gasteiger partial charge < -0.3 is 29.7 Å². The average Bonchev–Trinajstić information content (AvgIpc) is 4.05. The van der Waals surface area contributed by atoms with Crippen LogP contribution in [-0.2, 0) is 29.1 Å². The first-order valence-electron chi connectivity index (χ1n) is 18.5. The van der Waals surface area contributed by atoms with E-state index in [9.17, 15) is 45.2 Å². The van der Waals surface area contributed by atoms with Gasteiger partial charge in [0.15, 0.2) is 6.10 Å². The molecule has 1 aromatic carbocycles. The highest BCUT2D eigenvalue weighted by Crippen LogP contribution is 2.46. The summed E-state index contributed by atoms with van der Waals surface area (Å²) in [5.41, 5.74) is -1.66. The number of nitrogens with one attached hydrogen (secondary N) is 3. The van der Waals surface area contributed by atoms with Crippen molar-refractivity contribution in [3.63, 3.8) is 0 Å². The van der Waals surface area contributed by atoms with Crippen LogP contribution in [0.2, 0.25) is 0 Å². The molecule has 1 saturated heterocycles. The lowest BCUT2D eigenvalue weighted by Gasteiger charge is -2.33. The molecule has 14 nitrogen and oxygen atoms in total. The number of carbonyl (C=O) groups excluding carboxylic acids is 4. The van der Waals surface area contributed by atoms with Crippen molar-refractivity contribution in [2.45, 2.75) is 107 Å². The van der Waals surface area contributed by atoms with Crippen molar-refractivity contribution >= 4 is 44.6 Å². The van der Waals surface area contributed by atoms with Gasteiger partial charge in [0.05, 0.1) is 24.3 Å². The van der Waals surface area contributed by atoms with Crippen LogP contribution in [-0.4, -0.2) is 97.0 Å². The van der Waals surface area contributed by atoms with Crippen LogP contribution in [0.5, 0.6) is 11.6 Å². The van der Waals surface area contributed by atoms with E-state index in [2.05, 4.69) is 25.1 Å². The largest absolute Gasteiger partial charge is 0.496 e. The standard InChI is InChI=1S/C37H45F4N5O9S/c1-19-7-5-6-8-22-17-36(22,34(49)45-56(51,52)25-9-10-25)44-31(47)28-16-24(55-32-27-14-23(38)15-29(53-4)26(27)11-12-42-32)18-46(28)33(48)30(20(2)13-19)43-35(50)54-21(3)37(39,40)41/h6,8,11-12,14-15,19-22,24-25,28,30H,5,7,9-10,13,16-18H2,1-4H3,(H,43,50)(H,44,47)(H,45,49)/b8-6-/t19-,20-,21-,22-,24-,28+,30+,36-/m1/s1. The maximum Gasteiger partial charge on any atom is 0.425 e. The van der Waals surface area contributed by atoms with Gasteiger partial charge in [-0.2, -0.15) is 13.2 Å². The summed E-state index contributed by atoms with van der Waals surface area (Å²) < 4.78 is 98.5. The number of ether oxygens (including phenoxy) is 3. The Labute approximate surface area is 321 Å². The average molecular weight is 812 g/mol. The van der Waals surface area contributed by atoms with E-state index >= 15 is 0 Å². The number of alkyl carbamates (subject to hydrolysis) is 1. The van der Waals surface area contributed by atoms with Gasteiger partial charge >= 0.3 is 12.3 Å². The van der Waals surface area contributed by atoms with Gasteiger partial charge in [0, 0.05) is 30.0 Å². The molecule has 0 radical (unpaired) electrons. The highest BCUT2D eigenvalue weighted by molar-refractivity contribution is 7.91. The number of benzene rings is 1. The third-order valence-corrected chi connectivity index (χ3v) is 12.7. The number of carbonyl (C=O) groups is 4. The van der Waals surface area contributed by atoms with Crippen molar-refractivity contribution < 1.29 is 59.4 Å². The number of alkyl halides is 3. The van der Waals surface area contributed by atoms with Crippen LogP contribution >= 0.6 is 0 Å². The van der Waals surface area contributed by atoms with Crippen LogP contribution in [0.3, 0.4) is 0 Å². The molecule has 4 amide bonds. The normalized spacial score (nSPS) is 29.8. The number of halogens is 4. The Morgan fingerprint density at radius 1 is 1.11 bits per heavy atom. The molecule has 1 aromatic heterocycles. The lowest BCUT2D eigenvalue weighted by atomic mass is 9.88. The van der Waals surface area contributed by atoms with E-state index in [1.54, 1.807) is 19.1 Å². The lowest BCUT2D eigenvalue weighted by molar-refractivity contribution is -0.197. The van der Waals surface area contributed by atoms with Crippen molar-refractivity contribution in [3.05, 3.63) is 42.4 Å². The van der Waals surface area contributed by atoms with Crippen LogP contribution in [0.4, 0.5) is 22.4 Å². The zero-order chi connectivity index (χ0) is 40.7. The second-order valence-electron chi connectivity index (χ2n) is 15.3. The highest BCUT2D eigenvalue weighted by Gasteiger charge is 2.62. The van der Waals surface area contributed by atoms with Crippen molar-refractivity contribution in [2.24, 2.45) is 17.8 Å². The number of nitrogens with zero attached hydrogens (tertiary/aromatic N) is 2. The molecule has 6 rings (SSSR count). The van der Waals surface area contributed by atoms with Gasteiger partial charge in [0.2, 0.25) is 27.7 Å². The van der Waals surface area contributed by atoms with E-state index in [1.165, 1.54) is 25.4 Å². The first-order chi connectivity index (χ1) is 26.3. The molecule has 19 heteroatoms. The minimum Gasteiger partial charge on any atom is -0.496 e. The van der Waals surface area contributed by atoms with Crippen molar-refractivity contribution in [1.82, 2.24) is 25.2 Å². The van der Waals surface area contributed by atoms with Crippen molar-refractivity contribution in [1.29, 1.82) is 0 Å². The Balaban J connectivity index is 1.35. The van der Waals surface area contributed by atoms with Gasteiger partial charge in [0.1, 0.15) is 35.3 Å². The number of pyridine rings is 1. The summed E-state index contributed by atoms with van der Waals surface area (Å²) in [7, 11) is -2.64. The molecule has 306 valence electrons. The number of rotatable bonds is 8. The lowest BCUT2D eigenvalue weighted by Crippen LogP contribution is -2.59. The molecule has 0 unspecified atom stereocenters. The Morgan fingerprint density at radius 3 is 2.52 bits per heavy atom. The van der Waals surface area contributed by atoms with Gasteiger partial charge in [-0.05, 0) is 69.4 Å². The first-order valence-corrected chi connectivity index (χ1v) is 20.1. The molecule has 3 fully saturated rings. The smallest absolute Gasteiger partial charge is 0.425 e. The molecule has 3 heterocycles. The minimum absolute atomic E-state index is 0.0454. The fraction of sp³-hybridized carbons (Fsp3) is 0.595. The first kappa shape index (κ1) is 41.0. The predicted molar refractivity (Wildman–Crippen MR) is 192 cm³/mol. The van der Waals surface area contributed by atoms with Crippen LogP contribution in [0.15, 0.2) is 36.5 Å². The van der Waals surface area contributed by atoms with E-state index in [0.717, 1.165) is 4.90 Å². The number of allylic oxidation sites excluding steroid dienone is 1. The molecular weight excluding hydrogens is 766 g/mol. The van der Waals surface area contributed by atoms with Gasteiger partial charge in [0.25, 0.3) is 5.91 Å². The van der Waals surface area contributed by atoms with Gasteiger partial charge in [-0.15, -0.1) is 0 Å². The third-order valence-electron chi connectivity index (χ3n) is 10.9. The summed E-state index contributed by atoms with van der Waals surface area (Å²) in [6, 6.07) is 1.10. The molecular formula is C37H45F4N5O9S. The Morgan fingerprint density at radius 2 is 1.84 bits per heavy atom. The number of methoxy groups -OCH3 is 1. The van der Waals surface area contributed by atoms with Crippen LogP contribution in [0.25, 0.3) is 10.8 Å². The highest BCUT2D eigenvalue weighted by atomic mass is 32.2. The number of hydrogen-bond donors (Lipinski definition) is 3. The van der Waals surface area contributed by atoms with Crippen molar-refractivity contribution in [3.8, 4) is 11.6 Å². The number of aromatic nitrogens is 1. The fourth-order valence-electron chi connectivity index (χ4n) is 7.50. The summed E-state index contributed by atoms with van der Waals surface area (Å²) in [6.45, 7) is 3.91. The summed E-state index contributed by atoms with van der Waals surface area (Å²) in [4.78, 5) is 61.0. The summed E-state index contributed by atoms with van der Waals surface area (Å²) in [5, 5.41) is 5.02.